The van der Waals surface area contributed by atoms with Crippen molar-refractivity contribution in [2.24, 2.45) is 0 Å². The van der Waals surface area contributed by atoms with Crippen molar-refractivity contribution in [1.82, 2.24) is 9.13 Å². The summed E-state index contributed by atoms with van der Waals surface area (Å²) in [6.07, 6.45) is 1.45. The van der Waals surface area contributed by atoms with Crippen LogP contribution in [-0.2, 0) is 9.47 Å². The predicted molar refractivity (Wildman–Crippen MR) is 125 cm³/mol. The first-order valence-corrected chi connectivity index (χ1v) is 10.8. The molecule has 0 radical (unpaired) electrons. The van der Waals surface area contributed by atoms with E-state index < -0.39 is 35.0 Å². The third-order valence-corrected chi connectivity index (χ3v) is 4.56. The Bertz CT molecular complexity index is 1150. The second-order valence-electron chi connectivity index (χ2n) is 9.69. The second kappa shape index (κ2) is 9.13. The lowest BCUT2D eigenvalue weighted by Crippen LogP contribution is -2.29. The van der Waals surface area contributed by atoms with Gasteiger partial charge in [-0.15, -0.1) is 0 Å². The van der Waals surface area contributed by atoms with Gasteiger partial charge in [-0.1, -0.05) is 24.3 Å². The van der Waals surface area contributed by atoms with Gasteiger partial charge in [-0.2, -0.15) is 0 Å². The summed E-state index contributed by atoms with van der Waals surface area (Å²) in [5.41, 5.74) is -1.21. The fourth-order valence-electron chi connectivity index (χ4n) is 3.23. The SMILES string of the molecule is CC(C)(C)OC(=O)n1cccc1C(=O)c1ccccc1C(=O)c1cccn1C(=O)OC(C)(C)C. The van der Waals surface area contributed by atoms with Crippen LogP contribution in [0.25, 0.3) is 0 Å². The van der Waals surface area contributed by atoms with Crippen LogP contribution in [0.3, 0.4) is 0 Å². The van der Waals surface area contributed by atoms with E-state index in [0.717, 1.165) is 9.13 Å². The molecule has 0 N–H and O–H groups in total. The first-order chi connectivity index (χ1) is 15.8. The first kappa shape index (κ1) is 24.7. The van der Waals surface area contributed by atoms with Crippen LogP contribution < -0.4 is 0 Å². The molecule has 0 unspecified atom stereocenters. The Morgan fingerprint density at radius 3 is 1.26 bits per heavy atom. The molecule has 0 aliphatic carbocycles. The molecule has 2 aromatic heterocycles. The number of ether oxygens (including phenoxy) is 2. The van der Waals surface area contributed by atoms with E-state index in [2.05, 4.69) is 0 Å². The summed E-state index contributed by atoms with van der Waals surface area (Å²) >= 11 is 0. The van der Waals surface area contributed by atoms with E-state index in [-0.39, 0.29) is 22.5 Å². The van der Waals surface area contributed by atoms with Crippen molar-refractivity contribution in [1.29, 1.82) is 0 Å². The maximum absolute atomic E-state index is 13.4. The van der Waals surface area contributed by atoms with Gasteiger partial charge in [0.05, 0.1) is 11.4 Å². The van der Waals surface area contributed by atoms with Crippen LogP contribution in [0.1, 0.15) is 73.6 Å². The molecule has 0 aliphatic heterocycles. The number of rotatable bonds is 4. The van der Waals surface area contributed by atoms with Crippen molar-refractivity contribution in [2.45, 2.75) is 52.7 Å². The maximum Gasteiger partial charge on any atom is 0.419 e. The number of nitrogens with zero attached hydrogens (tertiary/aromatic N) is 2. The van der Waals surface area contributed by atoms with Crippen LogP contribution in [-0.4, -0.2) is 44.1 Å². The number of ketones is 2. The van der Waals surface area contributed by atoms with Crippen LogP contribution in [0.15, 0.2) is 60.9 Å². The Morgan fingerprint density at radius 1 is 0.588 bits per heavy atom. The smallest absolute Gasteiger partial charge is 0.419 e. The number of hydrogen-bond acceptors (Lipinski definition) is 6. The van der Waals surface area contributed by atoms with Gasteiger partial charge in [0.25, 0.3) is 0 Å². The monoisotopic (exact) mass is 464 g/mol. The zero-order valence-corrected chi connectivity index (χ0v) is 20.1. The van der Waals surface area contributed by atoms with Crippen LogP contribution in [0, 0.1) is 0 Å². The Morgan fingerprint density at radius 2 is 0.941 bits per heavy atom. The fraction of sp³-hybridized carbons (Fsp3) is 0.308. The molecule has 3 rings (SSSR count). The van der Waals surface area contributed by atoms with Crippen molar-refractivity contribution < 1.29 is 28.7 Å². The molecule has 0 bridgehead atoms. The van der Waals surface area contributed by atoms with Crippen LogP contribution in [0.4, 0.5) is 9.59 Å². The topological polar surface area (TPSA) is 96.6 Å². The molecule has 0 atom stereocenters. The summed E-state index contributed by atoms with van der Waals surface area (Å²) in [5, 5.41) is 0. The molecular weight excluding hydrogens is 436 g/mol. The molecule has 0 fully saturated rings. The quantitative estimate of drug-likeness (QED) is 0.485. The van der Waals surface area contributed by atoms with Gasteiger partial charge in [0, 0.05) is 23.5 Å². The van der Waals surface area contributed by atoms with Crippen LogP contribution >= 0.6 is 0 Å². The number of carbonyl (C=O) groups is 4. The first-order valence-electron chi connectivity index (χ1n) is 10.8. The van der Waals surface area contributed by atoms with E-state index in [1.165, 1.54) is 36.7 Å². The molecule has 1 aromatic carbocycles. The summed E-state index contributed by atoms with van der Waals surface area (Å²) in [6.45, 7) is 10.4. The van der Waals surface area contributed by atoms with Gasteiger partial charge in [-0.25, -0.2) is 18.7 Å². The molecule has 8 nitrogen and oxygen atoms in total. The van der Waals surface area contributed by atoms with Crippen molar-refractivity contribution in [2.75, 3.05) is 0 Å². The molecule has 178 valence electrons. The minimum absolute atomic E-state index is 0.0528. The van der Waals surface area contributed by atoms with Gasteiger partial charge in [0.15, 0.2) is 0 Å². The zero-order valence-electron chi connectivity index (χ0n) is 20.1. The number of carbonyl (C=O) groups excluding carboxylic acids is 4. The Kier molecular flexibility index (Phi) is 6.63. The van der Waals surface area contributed by atoms with Crippen LogP contribution in [0.2, 0.25) is 0 Å². The van der Waals surface area contributed by atoms with E-state index in [9.17, 15) is 19.2 Å². The van der Waals surface area contributed by atoms with Crippen LogP contribution in [0.5, 0.6) is 0 Å². The molecular formula is C26H28N2O6. The lowest BCUT2D eigenvalue weighted by Gasteiger charge is -2.20. The van der Waals surface area contributed by atoms with Gasteiger partial charge in [-0.05, 0) is 65.8 Å². The molecule has 3 aromatic rings. The van der Waals surface area contributed by atoms with E-state index in [0.29, 0.717) is 0 Å². The lowest BCUT2D eigenvalue weighted by atomic mass is 9.97. The molecule has 0 aliphatic rings. The summed E-state index contributed by atoms with van der Waals surface area (Å²) in [7, 11) is 0. The molecule has 0 saturated heterocycles. The Balaban J connectivity index is 1.98. The van der Waals surface area contributed by atoms with Crippen molar-refractivity contribution in [3.05, 3.63) is 83.4 Å². The van der Waals surface area contributed by atoms with Gasteiger partial charge in [0.2, 0.25) is 11.6 Å². The highest BCUT2D eigenvalue weighted by Crippen LogP contribution is 2.21. The summed E-state index contributed by atoms with van der Waals surface area (Å²) in [4.78, 5) is 52.0. The predicted octanol–water partition coefficient (Wildman–Crippen LogP) is 5.32. The second-order valence-corrected chi connectivity index (χ2v) is 9.69. The standard InChI is InChI=1S/C26H28N2O6/c1-25(2,3)33-23(31)27-15-9-13-19(27)21(29)17-11-7-8-12-18(17)22(30)20-14-10-16-28(20)24(32)34-26(4,5)6/h7-16H,1-6H3. The highest BCUT2D eigenvalue weighted by Gasteiger charge is 2.28. The van der Waals surface area contributed by atoms with Crippen molar-refractivity contribution >= 4 is 23.8 Å². The minimum atomic E-state index is -0.747. The molecule has 0 spiro atoms. The largest absolute Gasteiger partial charge is 0.443 e. The molecule has 0 saturated carbocycles. The molecule has 2 heterocycles. The third kappa shape index (κ3) is 5.51. The number of hydrogen-bond donors (Lipinski definition) is 0. The van der Waals surface area contributed by atoms with E-state index >= 15 is 0 Å². The molecule has 34 heavy (non-hydrogen) atoms. The average Bonchev–Trinajstić information content (AvgIpc) is 3.40. The van der Waals surface area contributed by atoms with Gasteiger partial charge in [0.1, 0.15) is 11.2 Å². The number of benzene rings is 1. The van der Waals surface area contributed by atoms with E-state index in [4.69, 9.17) is 9.47 Å². The Labute approximate surface area is 198 Å². The lowest BCUT2D eigenvalue weighted by molar-refractivity contribution is 0.0519. The minimum Gasteiger partial charge on any atom is -0.443 e. The van der Waals surface area contributed by atoms with E-state index in [1.54, 1.807) is 65.8 Å². The Hall–Kier alpha value is -3.94. The molecule has 0 amide bonds. The van der Waals surface area contributed by atoms with Crippen molar-refractivity contribution in [3.63, 3.8) is 0 Å². The summed E-state index contributed by atoms with van der Waals surface area (Å²) in [6, 6.07) is 12.3. The average molecular weight is 465 g/mol. The fourth-order valence-corrected chi connectivity index (χ4v) is 3.23. The van der Waals surface area contributed by atoms with Gasteiger partial charge in [-0.3, -0.25) is 9.59 Å². The number of aromatic nitrogens is 2. The highest BCUT2D eigenvalue weighted by molar-refractivity contribution is 6.19. The van der Waals surface area contributed by atoms with Gasteiger partial charge >= 0.3 is 12.2 Å². The normalized spacial score (nSPS) is 11.7. The third-order valence-electron chi connectivity index (χ3n) is 4.56. The van der Waals surface area contributed by atoms with Crippen molar-refractivity contribution in [3.8, 4) is 0 Å². The highest BCUT2D eigenvalue weighted by atomic mass is 16.6. The molecule has 8 heteroatoms. The van der Waals surface area contributed by atoms with E-state index in [1.807, 2.05) is 0 Å². The summed E-state index contributed by atoms with van der Waals surface area (Å²) in [5.74, 6) is -1.06. The van der Waals surface area contributed by atoms with Gasteiger partial charge < -0.3 is 9.47 Å². The summed E-state index contributed by atoms with van der Waals surface area (Å²) < 4.78 is 13.0. The zero-order chi connectivity index (χ0) is 25.3. The maximum atomic E-state index is 13.4.